The van der Waals surface area contributed by atoms with Crippen LogP contribution in [0.1, 0.15) is 40.0 Å². The molecule has 4 nitrogen and oxygen atoms in total. The summed E-state index contributed by atoms with van der Waals surface area (Å²) in [5.41, 5.74) is 5.35. The Labute approximate surface area is 91.5 Å². The number of rotatable bonds is 3. The Morgan fingerprint density at radius 3 is 2.80 bits per heavy atom. The summed E-state index contributed by atoms with van der Waals surface area (Å²) < 4.78 is 5.41. The zero-order valence-electron chi connectivity index (χ0n) is 9.88. The van der Waals surface area contributed by atoms with Gasteiger partial charge in [0, 0.05) is 24.6 Å². The van der Waals surface area contributed by atoms with Gasteiger partial charge < -0.3 is 15.8 Å². The van der Waals surface area contributed by atoms with E-state index in [4.69, 9.17) is 10.5 Å². The average Bonchev–Trinajstić information content (AvgIpc) is 1.99. The number of hydrogen-bond acceptors (Lipinski definition) is 3. The second-order valence-corrected chi connectivity index (χ2v) is 5.14. The molecular formula is C11H22N2O2. The van der Waals surface area contributed by atoms with Gasteiger partial charge in [-0.1, -0.05) is 0 Å². The maximum Gasteiger partial charge on any atom is 0.222 e. The zero-order chi connectivity index (χ0) is 11.5. The molecule has 1 saturated heterocycles. The van der Waals surface area contributed by atoms with Gasteiger partial charge in [-0.3, -0.25) is 4.79 Å². The van der Waals surface area contributed by atoms with Gasteiger partial charge in [-0.15, -0.1) is 0 Å². The lowest BCUT2D eigenvalue weighted by atomic mass is 10.00. The molecule has 0 aromatic rings. The highest BCUT2D eigenvalue weighted by atomic mass is 16.5. The first-order valence-electron chi connectivity index (χ1n) is 5.57. The highest BCUT2D eigenvalue weighted by Crippen LogP contribution is 2.13. The predicted octanol–water partition coefficient (Wildman–Crippen LogP) is 0.797. The van der Waals surface area contributed by atoms with E-state index in [1.54, 1.807) is 0 Å². The second-order valence-electron chi connectivity index (χ2n) is 5.14. The van der Waals surface area contributed by atoms with E-state index in [1.165, 1.54) is 0 Å². The Balaban J connectivity index is 2.31. The quantitative estimate of drug-likeness (QED) is 0.730. The van der Waals surface area contributed by atoms with E-state index < -0.39 is 5.54 Å². The minimum Gasteiger partial charge on any atom is -0.378 e. The first-order valence-corrected chi connectivity index (χ1v) is 5.57. The normalized spacial score (nSPS) is 27.5. The van der Waals surface area contributed by atoms with Gasteiger partial charge in [0.05, 0.1) is 6.10 Å². The molecule has 0 saturated carbocycles. The standard InChI is InChI=1S/C11H22N2O2/c1-8-6-9(4-5-15-8)13-10(14)7-11(2,3)12/h8-9H,4-7,12H2,1-3H3,(H,13,14). The molecule has 0 bridgehead atoms. The van der Waals surface area contributed by atoms with Crippen molar-refractivity contribution in [1.82, 2.24) is 5.32 Å². The van der Waals surface area contributed by atoms with Gasteiger partial charge in [0.15, 0.2) is 0 Å². The van der Waals surface area contributed by atoms with E-state index in [0.29, 0.717) is 6.42 Å². The van der Waals surface area contributed by atoms with E-state index in [1.807, 2.05) is 20.8 Å². The van der Waals surface area contributed by atoms with Crippen LogP contribution >= 0.6 is 0 Å². The number of carbonyl (C=O) groups is 1. The lowest BCUT2D eigenvalue weighted by Gasteiger charge is -2.29. The maximum absolute atomic E-state index is 11.6. The summed E-state index contributed by atoms with van der Waals surface area (Å²) in [4.78, 5) is 11.6. The van der Waals surface area contributed by atoms with Crippen molar-refractivity contribution in [1.29, 1.82) is 0 Å². The second kappa shape index (κ2) is 4.94. The molecule has 0 radical (unpaired) electrons. The monoisotopic (exact) mass is 214 g/mol. The summed E-state index contributed by atoms with van der Waals surface area (Å²) in [7, 11) is 0. The topological polar surface area (TPSA) is 64.4 Å². The fraction of sp³-hybridized carbons (Fsp3) is 0.909. The molecule has 0 aromatic carbocycles. The molecule has 1 fully saturated rings. The molecule has 1 rings (SSSR count). The van der Waals surface area contributed by atoms with Crippen molar-refractivity contribution in [2.24, 2.45) is 5.73 Å². The van der Waals surface area contributed by atoms with Gasteiger partial charge in [0.2, 0.25) is 5.91 Å². The summed E-state index contributed by atoms with van der Waals surface area (Å²) in [5, 5.41) is 3.01. The van der Waals surface area contributed by atoms with Crippen molar-refractivity contribution in [3.63, 3.8) is 0 Å². The third-order valence-corrected chi connectivity index (χ3v) is 2.47. The number of hydrogen-bond donors (Lipinski definition) is 2. The van der Waals surface area contributed by atoms with Crippen LogP contribution in [0.4, 0.5) is 0 Å². The van der Waals surface area contributed by atoms with Crippen molar-refractivity contribution in [3.8, 4) is 0 Å². The Kier molecular flexibility index (Phi) is 4.11. The molecule has 4 heteroatoms. The van der Waals surface area contributed by atoms with Crippen molar-refractivity contribution in [2.75, 3.05) is 6.61 Å². The Morgan fingerprint density at radius 1 is 1.60 bits per heavy atom. The zero-order valence-corrected chi connectivity index (χ0v) is 9.88. The van der Waals surface area contributed by atoms with Crippen molar-refractivity contribution < 1.29 is 9.53 Å². The molecule has 1 amide bonds. The molecule has 2 unspecified atom stereocenters. The summed E-state index contributed by atoms with van der Waals surface area (Å²) in [5.74, 6) is 0.0431. The van der Waals surface area contributed by atoms with Crippen LogP contribution in [0.2, 0.25) is 0 Å². The highest BCUT2D eigenvalue weighted by molar-refractivity contribution is 5.77. The molecule has 88 valence electrons. The van der Waals surface area contributed by atoms with Gasteiger partial charge >= 0.3 is 0 Å². The van der Waals surface area contributed by atoms with Crippen LogP contribution in [0.15, 0.2) is 0 Å². The van der Waals surface area contributed by atoms with Gasteiger partial charge in [0.25, 0.3) is 0 Å². The molecule has 2 atom stereocenters. The number of nitrogens with two attached hydrogens (primary N) is 1. The molecule has 3 N–H and O–H groups in total. The summed E-state index contributed by atoms with van der Waals surface area (Å²) in [6.45, 7) is 6.49. The van der Waals surface area contributed by atoms with Crippen LogP contribution in [-0.2, 0) is 9.53 Å². The van der Waals surface area contributed by atoms with E-state index in [2.05, 4.69) is 5.32 Å². The average molecular weight is 214 g/mol. The SMILES string of the molecule is CC1CC(NC(=O)CC(C)(C)N)CCO1. The number of carbonyl (C=O) groups excluding carboxylic acids is 1. The minimum atomic E-state index is -0.430. The van der Waals surface area contributed by atoms with Crippen LogP contribution in [-0.4, -0.2) is 30.2 Å². The van der Waals surface area contributed by atoms with Gasteiger partial charge in [-0.2, -0.15) is 0 Å². The van der Waals surface area contributed by atoms with E-state index in [9.17, 15) is 4.79 Å². The predicted molar refractivity (Wildman–Crippen MR) is 59.5 cm³/mol. The van der Waals surface area contributed by atoms with Gasteiger partial charge in [0.1, 0.15) is 0 Å². The molecular weight excluding hydrogens is 192 g/mol. The molecule has 0 aromatic heterocycles. The molecule has 1 aliphatic heterocycles. The number of nitrogens with one attached hydrogen (secondary N) is 1. The molecule has 15 heavy (non-hydrogen) atoms. The van der Waals surface area contributed by atoms with Crippen LogP contribution in [0.5, 0.6) is 0 Å². The number of ether oxygens (including phenoxy) is 1. The fourth-order valence-corrected chi connectivity index (χ4v) is 1.82. The third kappa shape index (κ3) is 5.14. The maximum atomic E-state index is 11.6. The number of amides is 1. The lowest BCUT2D eigenvalue weighted by Crippen LogP contribution is -2.45. The third-order valence-electron chi connectivity index (χ3n) is 2.47. The van der Waals surface area contributed by atoms with Crippen molar-refractivity contribution >= 4 is 5.91 Å². The molecule has 1 aliphatic rings. The van der Waals surface area contributed by atoms with E-state index in [-0.39, 0.29) is 18.1 Å². The lowest BCUT2D eigenvalue weighted by molar-refractivity contribution is -0.123. The molecule has 0 aliphatic carbocycles. The van der Waals surface area contributed by atoms with Crippen LogP contribution < -0.4 is 11.1 Å². The van der Waals surface area contributed by atoms with Crippen LogP contribution in [0, 0.1) is 0 Å². The summed E-state index contributed by atoms with van der Waals surface area (Å²) in [6.07, 6.45) is 2.42. The van der Waals surface area contributed by atoms with Crippen molar-refractivity contribution in [2.45, 2.75) is 57.7 Å². The van der Waals surface area contributed by atoms with Gasteiger partial charge in [-0.25, -0.2) is 0 Å². The van der Waals surface area contributed by atoms with Crippen molar-refractivity contribution in [3.05, 3.63) is 0 Å². The van der Waals surface area contributed by atoms with Crippen LogP contribution in [0.25, 0.3) is 0 Å². The first kappa shape index (κ1) is 12.5. The van der Waals surface area contributed by atoms with E-state index >= 15 is 0 Å². The Morgan fingerprint density at radius 2 is 2.27 bits per heavy atom. The summed E-state index contributed by atoms with van der Waals surface area (Å²) >= 11 is 0. The highest BCUT2D eigenvalue weighted by Gasteiger charge is 2.23. The minimum absolute atomic E-state index is 0.0431. The summed E-state index contributed by atoms with van der Waals surface area (Å²) in [6, 6.07) is 0.253. The van der Waals surface area contributed by atoms with Gasteiger partial charge in [-0.05, 0) is 33.6 Å². The smallest absolute Gasteiger partial charge is 0.222 e. The Bertz CT molecular complexity index is 223. The molecule has 0 spiro atoms. The first-order chi connectivity index (χ1) is 6.87. The largest absolute Gasteiger partial charge is 0.378 e. The van der Waals surface area contributed by atoms with E-state index in [0.717, 1.165) is 19.4 Å². The van der Waals surface area contributed by atoms with Crippen LogP contribution in [0.3, 0.4) is 0 Å². The Hall–Kier alpha value is -0.610. The molecule has 1 heterocycles. The fourth-order valence-electron chi connectivity index (χ4n) is 1.82.